The molecule has 2 aromatic heterocycles. The Kier molecular flexibility index (Phi) is 11.8. The lowest BCUT2D eigenvalue weighted by Gasteiger charge is -2.20. The highest BCUT2D eigenvalue weighted by Crippen LogP contribution is 2.38. The molecule has 1 fully saturated rings. The van der Waals surface area contributed by atoms with Gasteiger partial charge >= 0.3 is 5.97 Å². The number of fused-ring (bicyclic) bond motifs is 2. The summed E-state index contributed by atoms with van der Waals surface area (Å²) in [5, 5.41) is 8.97. The molecule has 14 nitrogen and oxygen atoms in total. The normalized spacial score (nSPS) is 14.7. The van der Waals surface area contributed by atoms with E-state index < -0.39 is 0 Å². The number of rotatable bonds is 15. The van der Waals surface area contributed by atoms with Gasteiger partial charge in [0.15, 0.2) is 11.5 Å². The molecule has 0 unspecified atom stereocenters. The summed E-state index contributed by atoms with van der Waals surface area (Å²) in [6, 6.07) is 14.4. The van der Waals surface area contributed by atoms with E-state index in [-0.39, 0.29) is 49.4 Å². The maximum absolute atomic E-state index is 13.2. The van der Waals surface area contributed by atoms with Crippen LogP contribution in [-0.4, -0.2) is 89.4 Å². The molecule has 0 aliphatic carbocycles. The maximum Gasteiger partial charge on any atom is 0.355 e. The Morgan fingerprint density at radius 2 is 1.69 bits per heavy atom. The van der Waals surface area contributed by atoms with Gasteiger partial charge in [-0.1, -0.05) is 26.0 Å². The predicted octanol–water partition coefficient (Wildman–Crippen LogP) is 5.56. The molecule has 1 saturated heterocycles. The number of anilines is 2. The average molecular weight is 738 g/mol. The van der Waals surface area contributed by atoms with Gasteiger partial charge in [-0.25, -0.2) is 4.79 Å². The molecule has 3 N–H and O–H groups in total. The number of methoxy groups -OCH3 is 1. The highest BCUT2D eigenvalue weighted by atomic mass is 16.5. The monoisotopic (exact) mass is 737 g/mol. The van der Waals surface area contributed by atoms with Crippen molar-refractivity contribution in [2.24, 2.45) is 19.1 Å². The molecule has 3 amide bonds. The third-order valence-corrected chi connectivity index (χ3v) is 9.36. The summed E-state index contributed by atoms with van der Waals surface area (Å²) in [6.45, 7) is 5.88. The third-order valence-electron chi connectivity index (χ3n) is 9.36. The second-order valence-corrected chi connectivity index (χ2v) is 13.7. The summed E-state index contributed by atoms with van der Waals surface area (Å²) in [5.41, 5.74) is 4.64. The Bertz CT molecular complexity index is 2050. The number of aromatic nitrogens is 2. The molecule has 14 heteroatoms. The SMILES string of the molecule is COc1cc2c(cc1OCCCC(=O)Nc1cc(C(=O)Nc3ccc(-c4cc(C(=O)OCCNC(C)C)n(C)c4)cc3)n(C)c1)N=C[C@@H]1CCCN1C2=O. The van der Waals surface area contributed by atoms with Gasteiger partial charge in [-0.05, 0) is 55.2 Å². The van der Waals surface area contributed by atoms with Crippen LogP contribution < -0.4 is 25.4 Å². The molecule has 0 radical (unpaired) electrons. The van der Waals surface area contributed by atoms with Crippen molar-refractivity contribution in [3.05, 3.63) is 77.9 Å². The van der Waals surface area contributed by atoms with Crippen molar-refractivity contribution in [3.8, 4) is 22.6 Å². The minimum absolute atomic E-state index is 0.00507. The van der Waals surface area contributed by atoms with Gasteiger partial charge < -0.3 is 44.2 Å². The lowest BCUT2D eigenvalue weighted by atomic mass is 10.1. The van der Waals surface area contributed by atoms with Crippen LogP contribution in [0.4, 0.5) is 17.1 Å². The quantitative estimate of drug-likeness (QED) is 0.106. The topological polar surface area (TPSA) is 158 Å². The van der Waals surface area contributed by atoms with Crippen LogP contribution in [0.5, 0.6) is 11.5 Å². The molecule has 0 saturated carbocycles. The summed E-state index contributed by atoms with van der Waals surface area (Å²) in [4.78, 5) is 58.1. The largest absolute Gasteiger partial charge is 0.493 e. The fourth-order valence-corrected chi connectivity index (χ4v) is 6.55. The van der Waals surface area contributed by atoms with Crippen molar-refractivity contribution < 1.29 is 33.4 Å². The molecule has 6 rings (SSSR count). The van der Waals surface area contributed by atoms with Crippen molar-refractivity contribution in [2.45, 2.75) is 51.6 Å². The Hall–Kier alpha value is -5.89. The van der Waals surface area contributed by atoms with Gasteiger partial charge in [0, 0.05) is 75.6 Å². The Balaban J connectivity index is 0.978. The molecule has 4 heterocycles. The first-order chi connectivity index (χ1) is 26.0. The molecule has 2 aromatic carbocycles. The standard InChI is InChI=1S/C40H47N7O7/c1-25(2)41-14-17-54-40(51)34-18-27(23-45(34)3)26-10-12-28(13-11-26)44-38(49)33-19-29(24-46(33)4)43-37(48)9-7-16-53-36-21-32-31(20-35(36)52-5)39(50)47-15-6-8-30(47)22-42-32/h10-13,18-25,30,41H,6-9,14-17H2,1-5H3,(H,43,48)(H,44,49)/t30-/m0/s1. The number of nitrogens with zero attached hydrogens (tertiary/aromatic N) is 4. The van der Waals surface area contributed by atoms with Crippen molar-refractivity contribution in [1.82, 2.24) is 19.4 Å². The lowest BCUT2D eigenvalue weighted by molar-refractivity contribution is -0.116. The fraction of sp³-hybridized carbons (Fsp3) is 0.375. The van der Waals surface area contributed by atoms with Gasteiger partial charge in [0.2, 0.25) is 5.91 Å². The van der Waals surface area contributed by atoms with E-state index in [1.54, 1.807) is 65.8 Å². The van der Waals surface area contributed by atoms with Crippen LogP contribution in [0.2, 0.25) is 0 Å². The number of nitrogens with one attached hydrogen (secondary N) is 3. The smallest absolute Gasteiger partial charge is 0.355 e. The summed E-state index contributed by atoms with van der Waals surface area (Å²) >= 11 is 0. The van der Waals surface area contributed by atoms with E-state index in [4.69, 9.17) is 14.2 Å². The number of hydrogen-bond acceptors (Lipinski definition) is 9. The predicted molar refractivity (Wildman–Crippen MR) is 206 cm³/mol. The van der Waals surface area contributed by atoms with E-state index >= 15 is 0 Å². The number of esters is 1. The van der Waals surface area contributed by atoms with Crippen LogP contribution in [0.1, 0.15) is 70.9 Å². The van der Waals surface area contributed by atoms with Crippen LogP contribution in [0.25, 0.3) is 11.1 Å². The fourth-order valence-electron chi connectivity index (χ4n) is 6.55. The van der Waals surface area contributed by atoms with Gasteiger partial charge in [-0.15, -0.1) is 0 Å². The zero-order chi connectivity index (χ0) is 38.4. The number of benzene rings is 2. The molecule has 2 aliphatic heterocycles. The van der Waals surface area contributed by atoms with E-state index in [0.29, 0.717) is 71.1 Å². The minimum Gasteiger partial charge on any atom is -0.493 e. The van der Waals surface area contributed by atoms with Gasteiger partial charge in [0.25, 0.3) is 11.8 Å². The summed E-state index contributed by atoms with van der Waals surface area (Å²) in [6.07, 6.45) is 7.82. The second-order valence-electron chi connectivity index (χ2n) is 13.7. The zero-order valence-corrected chi connectivity index (χ0v) is 31.3. The van der Waals surface area contributed by atoms with Crippen LogP contribution in [-0.2, 0) is 23.6 Å². The maximum atomic E-state index is 13.2. The molecular weight excluding hydrogens is 690 g/mol. The van der Waals surface area contributed by atoms with Crippen LogP contribution >= 0.6 is 0 Å². The van der Waals surface area contributed by atoms with Crippen molar-refractivity contribution >= 4 is 47.0 Å². The van der Waals surface area contributed by atoms with Gasteiger partial charge in [0.1, 0.15) is 18.0 Å². The summed E-state index contributed by atoms with van der Waals surface area (Å²) in [5.74, 6) is -0.129. The molecule has 1 atom stereocenters. The molecule has 0 bridgehead atoms. The highest BCUT2D eigenvalue weighted by molar-refractivity contribution is 6.05. The van der Waals surface area contributed by atoms with E-state index in [0.717, 1.165) is 24.0 Å². The van der Waals surface area contributed by atoms with Crippen LogP contribution in [0, 0.1) is 0 Å². The number of aryl methyl sites for hydroxylation is 2. The second kappa shape index (κ2) is 16.8. The zero-order valence-electron chi connectivity index (χ0n) is 31.3. The van der Waals surface area contributed by atoms with E-state index in [2.05, 4.69) is 20.9 Å². The van der Waals surface area contributed by atoms with E-state index in [1.807, 2.05) is 43.3 Å². The van der Waals surface area contributed by atoms with Gasteiger partial charge in [0.05, 0.1) is 36.7 Å². The Labute approximate surface area is 314 Å². The first-order valence-electron chi connectivity index (χ1n) is 18.2. The molecular formula is C40H47N7O7. The van der Waals surface area contributed by atoms with Crippen LogP contribution in [0.3, 0.4) is 0 Å². The first-order valence-corrected chi connectivity index (χ1v) is 18.2. The molecule has 2 aliphatic rings. The minimum atomic E-state index is -0.390. The lowest BCUT2D eigenvalue weighted by Crippen LogP contribution is -2.35. The number of carbonyl (C=O) groups is 4. The molecule has 0 spiro atoms. The Morgan fingerprint density at radius 1 is 0.907 bits per heavy atom. The van der Waals surface area contributed by atoms with Crippen molar-refractivity contribution in [1.29, 1.82) is 0 Å². The molecule has 284 valence electrons. The number of ether oxygens (including phenoxy) is 3. The van der Waals surface area contributed by atoms with Gasteiger partial charge in [-0.3, -0.25) is 19.4 Å². The van der Waals surface area contributed by atoms with Crippen molar-refractivity contribution in [3.63, 3.8) is 0 Å². The number of aliphatic imine (C=N–C) groups is 1. The average Bonchev–Trinajstić information content (AvgIpc) is 3.87. The number of hydrogen-bond donors (Lipinski definition) is 3. The Morgan fingerprint density at radius 3 is 2.44 bits per heavy atom. The third kappa shape index (κ3) is 8.83. The first kappa shape index (κ1) is 37.9. The van der Waals surface area contributed by atoms with Gasteiger partial charge in [-0.2, -0.15) is 0 Å². The summed E-state index contributed by atoms with van der Waals surface area (Å²) in [7, 11) is 5.05. The van der Waals surface area contributed by atoms with E-state index in [1.165, 1.54) is 7.11 Å². The van der Waals surface area contributed by atoms with E-state index in [9.17, 15) is 19.2 Å². The number of amides is 3. The molecule has 4 aromatic rings. The number of carbonyl (C=O) groups excluding carboxylic acids is 4. The summed E-state index contributed by atoms with van der Waals surface area (Å²) < 4.78 is 20.3. The molecule has 54 heavy (non-hydrogen) atoms. The highest BCUT2D eigenvalue weighted by Gasteiger charge is 2.32. The van der Waals surface area contributed by atoms with Crippen LogP contribution in [0.15, 0.2) is 65.9 Å². The van der Waals surface area contributed by atoms with Crippen molar-refractivity contribution in [2.75, 3.05) is 44.0 Å².